The zero-order valence-electron chi connectivity index (χ0n) is 55.4. The first-order valence-corrected chi connectivity index (χ1v) is 31.4. The van der Waals surface area contributed by atoms with Gasteiger partial charge >= 0.3 is 6.03 Å². The van der Waals surface area contributed by atoms with E-state index in [1.807, 2.05) is 73.8 Å². The third kappa shape index (κ3) is 20.1. The van der Waals surface area contributed by atoms with Crippen molar-refractivity contribution in [2.75, 3.05) is 60.3 Å². The van der Waals surface area contributed by atoms with Gasteiger partial charge in [-0.3, -0.25) is 48.1 Å². The fourth-order valence-corrected chi connectivity index (χ4v) is 12.5. The number of hydrogen-bond donors (Lipinski definition) is 9. The number of aliphatic hydroxyl groups excluding tert-OH is 1. The first-order chi connectivity index (χ1) is 42.3. The summed E-state index contributed by atoms with van der Waals surface area (Å²) in [6, 6.07) is 8.31. The number of primary amides is 1. The molecule has 4 rings (SSSR count). The highest BCUT2D eigenvalue weighted by atomic mass is 16.5. The molecule has 0 bridgehead atoms. The Bertz CT molecular complexity index is 2780. The summed E-state index contributed by atoms with van der Waals surface area (Å²) in [6.45, 7) is 18.9. The number of aliphatic hydroxyl groups is 1. The molecular formula is C65H103N12O13+. The molecule has 0 spiro atoms. The molecule has 500 valence electrons. The molecule has 6 unspecified atom stereocenters. The number of imide groups is 1. The monoisotopic (exact) mass is 1260 g/mol. The molecule has 2 heterocycles. The minimum absolute atomic E-state index is 0.0455. The Morgan fingerprint density at radius 2 is 1.36 bits per heavy atom. The molecule has 0 saturated carbocycles. The van der Waals surface area contributed by atoms with Crippen LogP contribution in [0, 0.1) is 29.6 Å². The second kappa shape index (κ2) is 34.8. The van der Waals surface area contributed by atoms with Crippen LogP contribution in [0.4, 0.5) is 10.5 Å². The fourth-order valence-electron chi connectivity index (χ4n) is 12.5. The lowest BCUT2D eigenvalue weighted by Crippen LogP contribution is -2.63. The molecule has 0 aromatic heterocycles. The molecule has 13 atom stereocenters. The van der Waals surface area contributed by atoms with Gasteiger partial charge in [-0.2, -0.15) is 0 Å². The summed E-state index contributed by atoms with van der Waals surface area (Å²) >= 11 is 0. The van der Waals surface area contributed by atoms with Gasteiger partial charge in [0, 0.05) is 70.2 Å². The average molecular weight is 1260 g/mol. The Balaban J connectivity index is 1.47. The second-order valence-electron chi connectivity index (χ2n) is 25.6. The summed E-state index contributed by atoms with van der Waals surface area (Å²) < 4.78 is 12.3. The Labute approximate surface area is 531 Å². The Morgan fingerprint density at radius 3 is 1.89 bits per heavy atom. The van der Waals surface area contributed by atoms with Gasteiger partial charge < -0.3 is 72.2 Å². The number of hydrogen-bond acceptors (Lipinski definition) is 14. The topological polar surface area (TPSA) is 343 Å². The third-order valence-electron chi connectivity index (χ3n) is 17.5. The zero-order chi connectivity index (χ0) is 67.5. The van der Waals surface area contributed by atoms with Crippen LogP contribution >= 0.6 is 0 Å². The van der Waals surface area contributed by atoms with E-state index in [4.69, 9.17) is 20.9 Å². The van der Waals surface area contributed by atoms with Crippen LogP contribution in [0.25, 0.3) is 0 Å². The SMILES string of the molecule is CC[C@H](C)[C@@H]([C@@H](CC(=O)N1CCCC1[C@H](OC)[C@@H](C)C(=O)N[C@H](C)[C@@H](O)c1ccccc1)OC)N(C)C(=O)C(NC(=O)C(C(C)C)[N+](C)(C)Cc1ccc(NC(=O)C(CCCNC(N)=O)NC(=O)C(NC(=O)C(CN)N2C(=O)C=CC2=O)C(C)C)cc1)C(C)C. The highest BCUT2D eigenvalue weighted by Crippen LogP contribution is 2.31. The van der Waals surface area contributed by atoms with Crippen LogP contribution in [0.3, 0.4) is 0 Å². The van der Waals surface area contributed by atoms with Crippen LogP contribution in [0.2, 0.25) is 0 Å². The van der Waals surface area contributed by atoms with Gasteiger partial charge in [0.05, 0.1) is 62.9 Å². The van der Waals surface area contributed by atoms with Gasteiger partial charge in [-0.25, -0.2) is 4.79 Å². The van der Waals surface area contributed by atoms with Crippen LogP contribution in [-0.4, -0.2) is 199 Å². The number of likely N-dealkylation sites (tertiary alicyclic amines) is 1. The maximum absolute atomic E-state index is 14.9. The molecule has 11 N–H and O–H groups in total. The van der Waals surface area contributed by atoms with E-state index in [1.54, 1.807) is 80.9 Å². The maximum atomic E-state index is 14.9. The Kier molecular flexibility index (Phi) is 29.0. The predicted molar refractivity (Wildman–Crippen MR) is 341 cm³/mol. The molecule has 0 aliphatic carbocycles. The maximum Gasteiger partial charge on any atom is 0.312 e. The van der Waals surface area contributed by atoms with Gasteiger partial charge in [-0.05, 0) is 68.1 Å². The van der Waals surface area contributed by atoms with Crippen LogP contribution in [-0.2, 0) is 59.2 Å². The number of nitrogens with zero attached hydrogens (tertiary/aromatic N) is 4. The number of carbonyl (C=O) groups excluding carboxylic acids is 10. The first kappa shape index (κ1) is 75.1. The zero-order valence-corrected chi connectivity index (χ0v) is 55.4. The van der Waals surface area contributed by atoms with Gasteiger partial charge in [-0.1, -0.05) is 111 Å². The summed E-state index contributed by atoms with van der Waals surface area (Å²) in [5, 5.41) is 27.7. The number of amides is 11. The lowest BCUT2D eigenvalue weighted by atomic mass is 9.89. The van der Waals surface area contributed by atoms with Gasteiger partial charge in [0.1, 0.15) is 30.7 Å². The van der Waals surface area contributed by atoms with E-state index in [2.05, 4.69) is 31.9 Å². The van der Waals surface area contributed by atoms with Crippen molar-refractivity contribution < 1.29 is 67.0 Å². The molecule has 0 radical (unpaired) electrons. The predicted octanol–water partition coefficient (Wildman–Crippen LogP) is 2.85. The third-order valence-corrected chi connectivity index (χ3v) is 17.5. The summed E-state index contributed by atoms with van der Waals surface area (Å²) in [7, 11) is 8.60. The van der Waals surface area contributed by atoms with Crippen molar-refractivity contribution in [3.8, 4) is 0 Å². The number of likely N-dealkylation sites (N-methyl/N-ethyl adjacent to an activating group) is 2. The largest absolute Gasteiger partial charge is 0.386 e. The Morgan fingerprint density at radius 1 is 0.756 bits per heavy atom. The van der Waals surface area contributed by atoms with E-state index in [-0.39, 0.29) is 71.7 Å². The summed E-state index contributed by atoms with van der Waals surface area (Å²) in [6.07, 6.45) is 1.87. The van der Waals surface area contributed by atoms with E-state index in [9.17, 15) is 53.1 Å². The number of anilines is 1. The molecule has 11 amide bonds. The van der Waals surface area contributed by atoms with E-state index in [1.165, 1.54) is 14.2 Å². The van der Waals surface area contributed by atoms with E-state index in [0.29, 0.717) is 48.5 Å². The van der Waals surface area contributed by atoms with Crippen molar-refractivity contribution >= 4 is 64.9 Å². The van der Waals surface area contributed by atoms with Gasteiger partial charge in [0.2, 0.25) is 35.4 Å². The van der Waals surface area contributed by atoms with E-state index >= 15 is 0 Å². The highest BCUT2D eigenvalue weighted by Gasteiger charge is 2.45. The molecular weight excluding hydrogens is 1160 g/mol. The number of nitrogens with two attached hydrogens (primary N) is 2. The van der Waals surface area contributed by atoms with Crippen LogP contribution in [0.1, 0.15) is 125 Å². The standard InChI is InChI=1S/C65H102N12O13/c1-16-40(8)55(49(89-14)34-52(80)75-33-21-25-47(75)58(90-15)41(9)59(82)69-42(10)57(81)44-22-18-17-19-23-44)74(11)64(87)54(38(4)5)73-63(86)56(39(6)7)77(12,13)36-43-26-28-45(29-27-43)70-60(83)46(24-20-32-68-65(67)88)71-62(85)53(37(2)3)72-61(84)48(35-66)76-50(78)30-31-51(76)79/h17-19,22-23,26-31,37-42,46-49,53-58,81H,16,20-21,24-25,32-36,66H2,1-15H3,(H7-,67,68,69,70,71,72,73,82,83,84,85,86,88)/p+1/t40-,41+,42+,46?,47?,48?,49+,53?,54?,55-,56?,57+,58+/m0/s1. The smallest absolute Gasteiger partial charge is 0.312 e. The molecule has 2 aromatic carbocycles. The summed E-state index contributed by atoms with van der Waals surface area (Å²) in [5.41, 5.74) is 12.9. The van der Waals surface area contributed by atoms with Crippen molar-refractivity contribution in [1.29, 1.82) is 0 Å². The number of urea groups is 1. The molecule has 2 aliphatic heterocycles. The van der Waals surface area contributed by atoms with Gasteiger partial charge in [0.15, 0.2) is 6.04 Å². The van der Waals surface area contributed by atoms with E-state index < -0.39 is 121 Å². The molecule has 1 saturated heterocycles. The molecule has 2 aliphatic rings. The van der Waals surface area contributed by atoms with Crippen molar-refractivity contribution in [2.45, 2.75) is 181 Å². The number of methoxy groups -OCH3 is 2. The number of benzene rings is 2. The number of quaternary nitrogens is 1. The lowest BCUT2D eigenvalue weighted by Gasteiger charge is -2.42. The minimum atomic E-state index is -1.39. The lowest BCUT2D eigenvalue weighted by molar-refractivity contribution is -0.922. The second-order valence-corrected chi connectivity index (χ2v) is 25.6. The first-order valence-electron chi connectivity index (χ1n) is 31.4. The van der Waals surface area contributed by atoms with Crippen LogP contribution in [0.15, 0.2) is 66.7 Å². The molecule has 25 heteroatoms. The molecule has 2 aromatic rings. The fraction of sp³-hybridized carbons (Fsp3) is 0.631. The highest BCUT2D eigenvalue weighted by molar-refractivity contribution is 6.15. The van der Waals surface area contributed by atoms with Gasteiger partial charge in [-0.15, -0.1) is 0 Å². The number of nitrogens with one attached hydrogen (secondary N) is 6. The molecule has 1 fully saturated rings. The number of rotatable bonds is 35. The van der Waals surface area contributed by atoms with Crippen molar-refractivity contribution in [3.05, 3.63) is 77.9 Å². The Hall–Kier alpha value is -7.32. The molecule has 25 nitrogen and oxygen atoms in total. The van der Waals surface area contributed by atoms with Gasteiger partial charge in [0.25, 0.3) is 17.7 Å². The normalized spacial score (nSPS) is 18.3. The van der Waals surface area contributed by atoms with Crippen LogP contribution in [0.5, 0.6) is 0 Å². The summed E-state index contributed by atoms with van der Waals surface area (Å²) in [5.74, 6) is -6.70. The van der Waals surface area contributed by atoms with Crippen molar-refractivity contribution in [1.82, 2.24) is 41.3 Å². The number of carbonyl (C=O) groups is 10. The van der Waals surface area contributed by atoms with Crippen LogP contribution < -0.4 is 43.4 Å². The average Bonchev–Trinajstić information content (AvgIpc) is 1.71. The van der Waals surface area contributed by atoms with E-state index in [0.717, 1.165) is 17.7 Å². The van der Waals surface area contributed by atoms with Crippen molar-refractivity contribution in [3.63, 3.8) is 0 Å². The minimum Gasteiger partial charge on any atom is -0.386 e. The number of ether oxygens (including phenoxy) is 2. The summed E-state index contributed by atoms with van der Waals surface area (Å²) in [4.78, 5) is 140. The van der Waals surface area contributed by atoms with Crippen molar-refractivity contribution in [2.24, 2.45) is 41.1 Å². The molecule has 90 heavy (non-hydrogen) atoms. The quantitative estimate of drug-likeness (QED) is 0.0272.